The van der Waals surface area contributed by atoms with E-state index in [0.717, 1.165) is 21.5 Å². The molecule has 1 aromatic carbocycles. The quantitative estimate of drug-likeness (QED) is 0.784. The first-order valence-corrected chi connectivity index (χ1v) is 5.70. The molecule has 0 spiro atoms. The summed E-state index contributed by atoms with van der Waals surface area (Å²) in [5.41, 5.74) is 0.774. The van der Waals surface area contributed by atoms with E-state index in [1.165, 1.54) is 6.07 Å². The summed E-state index contributed by atoms with van der Waals surface area (Å²) in [4.78, 5) is 0. The van der Waals surface area contributed by atoms with Crippen molar-refractivity contribution in [1.29, 1.82) is 0 Å². The van der Waals surface area contributed by atoms with Gasteiger partial charge in [0.05, 0.1) is 0 Å². The van der Waals surface area contributed by atoms with Gasteiger partial charge in [0.25, 0.3) is 0 Å². The van der Waals surface area contributed by atoms with Crippen molar-refractivity contribution in [1.82, 2.24) is 0 Å². The van der Waals surface area contributed by atoms with Crippen LogP contribution in [0.15, 0.2) is 22.7 Å². The van der Waals surface area contributed by atoms with Gasteiger partial charge in [-0.05, 0) is 29.5 Å². The molecule has 0 saturated carbocycles. The molecule has 0 atom stereocenters. The number of rotatable bonds is 3. The van der Waals surface area contributed by atoms with Crippen molar-refractivity contribution in [2.24, 2.45) is 0 Å². The summed E-state index contributed by atoms with van der Waals surface area (Å²) in [7, 11) is 0. The average Bonchev–Trinajstić information content (AvgIpc) is 2.07. The summed E-state index contributed by atoms with van der Waals surface area (Å²) >= 11 is 5.04. The highest BCUT2D eigenvalue weighted by molar-refractivity contribution is 9.10. The van der Waals surface area contributed by atoms with Gasteiger partial charge in [-0.2, -0.15) is 11.8 Å². The zero-order chi connectivity index (χ0) is 8.97. The first-order valence-electron chi connectivity index (χ1n) is 3.75. The topological polar surface area (TPSA) is 0 Å². The van der Waals surface area contributed by atoms with Gasteiger partial charge < -0.3 is 0 Å². The molecule has 3 heteroatoms. The summed E-state index contributed by atoms with van der Waals surface area (Å²) in [6.07, 6.45) is 0. The fraction of sp³-hybridized carbons (Fsp3) is 0.333. The number of hydrogen-bond acceptors (Lipinski definition) is 1. The van der Waals surface area contributed by atoms with Gasteiger partial charge in [0.1, 0.15) is 5.82 Å². The Morgan fingerprint density at radius 1 is 1.50 bits per heavy atom. The molecule has 0 N–H and O–H groups in total. The van der Waals surface area contributed by atoms with E-state index in [-0.39, 0.29) is 5.82 Å². The van der Waals surface area contributed by atoms with Crippen molar-refractivity contribution in [3.05, 3.63) is 34.1 Å². The van der Waals surface area contributed by atoms with Crippen LogP contribution in [-0.4, -0.2) is 5.75 Å². The first-order chi connectivity index (χ1) is 5.74. The first kappa shape index (κ1) is 10.1. The van der Waals surface area contributed by atoms with Gasteiger partial charge in [-0.25, -0.2) is 4.39 Å². The molecule has 0 heterocycles. The Morgan fingerprint density at radius 2 is 2.25 bits per heavy atom. The summed E-state index contributed by atoms with van der Waals surface area (Å²) in [6, 6.07) is 5.04. The summed E-state index contributed by atoms with van der Waals surface area (Å²) in [6.45, 7) is 2.07. The van der Waals surface area contributed by atoms with Crippen molar-refractivity contribution in [3.63, 3.8) is 0 Å². The maximum atomic E-state index is 13.1. The molecule has 0 fully saturated rings. The Hall–Kier alpha value is -0.0200. The fourth-order valence-corrected chi connectivity index (χ4v) is 1.92. The van der Waals surface area contributed by atoms with E-state index in [4.69, 9.17) is 0 Å². The molecule has 0 aromatic heterocycles. The van der Waals surface area contributed by atoms with E-state index in [2.05, 4.69) is 22.9 Å². The lowest BCUT2D eigenvalue weighted by atomic mass is 10.2. The van der Waals surface area contributed by atoms with Gasteiger partial charge in [-0.15, -0.1) is 0 Å². The van der Waals surface area contributed by atoms with Crippen LogP contribution in [-0.2, 0) is 5.75 Å². The molecule has 0 radical (unpaired) electrons. The number of halogens is 2. The highest BCUT2D eigenvalue weighted by Gasteiger charge is 2.01. The van der Waals surface area contributed by atoms with E-state index in [9.17, 15) is 4.39 Å². The molecule has 0 aliphatic heterocycles. The van der Waals surface area contributed by atoms with Crippen LogP contribution in [0.25, 0.3) is 0 Å². The molecule has 0 aliphatic rings. The Bertz CT molecular complexity index is 263. The molecular formula is C9H10BrFS. The lowest BCUT2D eigenvalue weighted by molar-refractivity contribution is 0.617. The number of thioether (sulfide) groups is 1. The van der Waals surface area contributed by atoms with Gasteiger partial charge in [0, 0.05) is 10.2 Å². The van der Waals surface area contributed by atoms with Crippen molar-refractivity contribution < 1.29 is 4.39 Å². The molecule has 1 aromatic rings. The summed E-state index contributed by atoms with van der Waals surface area (Å²) in [5.74, 6) is 1.66. The highest BCUT2D eigenvalue weighted by Crippen LogP contribution is 2.19. The van der Waals surface area contributed by atoms with Crippen LogP contribution in [0.4, 0.5) is 4.39 Å². The molecule has 0 saturated heterocycles. The largest absolute Gasteiger partial charge is 0.207 e. The van der Waals surface area contributed by atoms with Crippen LogP contribution in [0.3, 0.4) is 0 Å². The Morgan fingerprint density at radius 3 is 2.92 bits per heavy atom. The third kappa shape index (κ3) is 2.79. The Labute approximate surface area is 84.7 Å². The number of hydrogen-bond donors (Lipinski definition) is 0. The maximum absolute atomic E-state index is 13.1. The second-order valence-corrected chi connectivity index (χ2v) is 4.56. The van der Waals surface area contributed by atoms with Crippen LogP contribution in [0, 0.1) is 5.82 Å². The van der Waals surface area contributed by atoms with Gasteiger partial charge in [0.15, 0.2) is 0 Å². The monoisotopic (exact) mass is 248 g/mol. The lowest BCUT2D eigenvalue weighted by Crippen LogP contribution is -1.87. The zero-order valence-corrected chi connectivity index (χ0v) is 9.21. The van der Waals surface area contributed by atoms with Crippen LogP contribution in [0.5, 0.6) is 0 Å². The van der Waals surface area contributed by atoms with E-state index in [1.807, 2.05) is 6.07 Å². The zero-order valence-electron chi connectivity index (χ0n) is 6.81. The molecule has 12 heavy (non-hydrogen) atoms. The third-order valence-corrected chi connectivity index (χ3v) is 2.89. The van der Waals surface area contributed by atoms with Gasteiger partial charge in [-0.1, -0.05) is 22.9 Å². The fourth-order valence-electron chi connectivity index (χ4n) is 0.866. The molecule has 0 aliphatic carbocycles. The molecule has 0 amide bonds. The molecular weight excluding hydrogens is 239 g/mol. The van der Waals surface area contributed by atoms with Crippen molar-refractivity contribution >= 4 is 27.7 Å². The average molecular weight is 249 g/mol. The molecule has 0 nitrogen and oxygen atoms in total. The van der Waals surface area contributed by atoms with Crippen molar-refractivity contribution in [3.8, 4) is 0 Å². The van der Waals surface area contributed by atoms with E-state index >= 15 is 0 Å². The standard InChI is InChI=1S/C9H10BrFS/c1-2-12-6-7-5-8(10)3-4-9(7)11/h3-5H,2,6H2,1H3. The van der Waals surface area contributed by atoms with E-state index in [0.29, 0.717) is 0 Å². The third-order valence-electron chi connectivity index (χ3n) is 1.47. The minimum atomic E-state index is -0.112. The number of benzene rings is 1. The van der Waals surface area contributed by atoms with E-state index < -0.39 is 0 Å². The lowest BCUT2D eigenvalue weighted by Gasteiger charge is -2.01. The van der Waals surface area contributed by atoms with Crippen molar-refractivity contribution in [2.45, 2.75) is 12.7 Å². The molecule has 0 bridgehead atoms. The second kappa shape index (κ2) is 4.87. The Kier molecular flexibility index (Phi) is 4.09. The van der Waals surface area contributed by atoms with Crippen LogP contribution < -0.4 is 0 Å². The predicted octanol–water partition coefficient (Wildman–Crippen LogP) is 3.84. The van der Waals surface area contributed by atoms with E-state index in [1.54, 1.807) is 17.8 Å². The van der Waals surface area contributed by atoms with Crippen molar-refractivity contribution in [2.75, 3.05) is 5.75 Å². The SMILES string of the molecule is CCSCc1cc(Br)ccc1F. The smallest absolute Gasteiger partial charge is 0.127 e. The molecule has 0 unspecified atom stereocenters. The highest BCUT2D eigenvalue weighted by atomic mass is 79.9. The minimum absolute atomic E-state index is 0.112. The maximum Gasteiger partial charge on any atom is 0.127 e. The minimum Gasteiger partial charge on any atom is -0.207 e. The van der Waals surface area contributed by atoms with Gasteiger partial charge >= 0.3 is 0 Å². The molecule has 66 valence electrons. The second-order valence-electron chi connectivity index (χ2n) is 2.37. The normalized spacial score (nSPS) is 10.2. The van der Waals surface area contributed by atoms with Gasteiger partial charge in [-0.3, -0.25) is 0 Å². The predicted molar refractivity (Wildman–Crippen MR) is 55.9 cm³/mol. The van der Waals surface area contributed by atoms with Crippen LogP contribution >= 0.6 is 27.7 Å². The Balaban J connectivity index is 2.75. The summed E-state index contributed by atoms with van der Waals surface area (Å²) < 4.78 is 14.0. The van der Waals surface area contributed by atoms with Crippen LogP contribution in [0.2, 0.25) is 0 Å². The summed E-state index contributed by atoms with van der Waals surface area (Å²) in [5, 5.41) is 0. The van der Waals surface area contributed by atoms with Crippen LogP contribution in [0.1, 0.15) is 12.5 Å². The molecule has 1 rings (SSSR count). The van der Waals surface area contributed by atoms with Gasteiger partial charge in [0.2, 0.25) is 0 Å².